The predicted octanol–water partition coefficient (Wildman–Crippen LogP) is 3.58. The third kappa shape index (κ3) is 4.66. The van der Waals surface area contributed by atoms with Crippen molar-refractivity contribution in [3.8, 4) is 22.5 Å². The minimum atomic E-state index is -4.14. The molecular formula is C23H21N2O3P+2. The molecule has 29 heavy (non-hydrogen) atoms. The van der Waals surface area contributed by atoms with Crippen molar-refractivity contribution in [1.29, 1.82) is 0 Å². The Morgan fingerprint density at radius 3 is 1.76 bits per heavy atom. The summed E-state index contributed by atoms with van der Waals surface area (Å²) in [6.07, 6.45) is 7.59. The van der Waals surface area contributed by atoms with Gasteiger partial charge in [0.2, 0.25) is 11.4 Å². The second-order valence-electron chi connectivity index (χ2n) is 6.78. The first kappa shape index (κ1) is 19.2. The third-order valence-corrected chi connectivity index (χ3v) is 5.45. The number of para-hydroxylation sites is 2. The fourth-order valence-electron chi connectivity index (χ4n) is 3.29. The van der Waals surface area contributed by atoms with Crippen LogP contribution in [0.4, 0.5) is 0 Å². The van der Waals surface area contributed by atoms with Crippen molar-refractivity contribution < 1.29 is 23.5 Å². The molecule has 5 nitrogen and oxygen atoms in total. The molecule has 4 rings (SSSR count). The van der Waals surface area contributed by atoms with E-state index in [9.17, 15) is 14.4 Å². The van der Waals surface area contributed by atoms with E-state index >= 15 is 0 Å². The molecule has 4 aromatic rings. The molecule has 144 valence electrons. The van der Waals surface area contributed by atoms with Crippen LogP contribution in [0.5, 0.6) is 0 Å². The standard InChI is InChI=1S/C23H19N2O3P/c26-29(27,28)18-21-6-4-5-9-23(21)25-16-12-20(13-17-25)19-10-14-24(15-11-19)22-7-2-1-3-8-22/h1-17H,18H2/p+2. The lowest BCUT2D eigenvalue weighted by molar-refractivity contribution is -0.596. The van der Waals surface area contributed by atoms with Gasteiger partial charge in [0, 0.05) is 48.0 Å². The Labute approximate surface area is 169 Å². The molecule has 0 aliphatic carbocycles. The minimum Gasteiger partial charge on any atom is -0.324 e. The summed E-state index contributed by atoms with van der Waals surface area (Å²) in [5, 5.41) is 0. The molecule has 0 saturated heterocycles. The Kier molecular flexibility index (Phi) is 5.36. The SMILES string of the molecule is O=P(O)(O)Cc1ccccc1-[n+]1ccc(-c2cc[n+](-c3ccccc3)cc2)cc1. The highest BCUT2D eigenvalue weighted by Crippen LogP contribution is 2.39. The largest absolute Gasteiger partial charge is 0.330 e. The number of benzene rings is 2. The van der Waals surface area contributed by atoms with E-state index in [1.807, 2.05) is 71.8 Å². The zero-order valence-corrected chi connectivity index (χ0v) is 16.6. The van der Waals surface area contributed by atoms with Crippen LogP contribution in [0.1, 0.15) is 5.56 Å². The molecular weight excluding hydrogens is 383 g/mol. The predicted molar refractivity (Wildman–Crippen MR) is 111 cm³/mol. The molecule has 0 amide bonds. The van der Waals surface area contributed by atoms with Gasteiger partial charge in [0.25, 0.3) is 0 Å². The van der Waals surface area contributed by atoms with E-state index in [2.05, 4.69) is 28.8 Å². The quantitative estimate of drug-likeness (QED) is 0.395. The van der Waals surface area contributed by atoms with Gasteiger partial charge in [-0.25, -0.2) is 0 Å². The highest BCUT2D eigenvalue weighted by Gasteiger charge is 2.20. The Bertz CT molecular complexity index is 1150. The molecule has 2 N–H and O–H groups in total. The number of rotatable bonds is 5. The van der Waals surface area contributed by atoms with Crippen LogP contribution in [-0.2, 0) is 10.7 Å². The second kappa shape index (κ2) is 8.10. The summed E-state index contributed by atoms with van der Waals surface area (Å²) in [7, 11) is -4.14. The Morgan fingerprint density at radius 2 is 1.17 bits per heavy atom. The van der Waals surface area contributed by atoms with Crippen molar-refractivity contribution in [3.63, 3.8) is 0 Å². The van der Waals surface area contributed by atoms with Crippen molar-refractivity contribution in [2.75, 3.05) is 0 Å². The molecule has 0 spiro atoms. The lowest BCUT2D eigenvalue weighted by atomic mass is 10.1. The van der Waals surface area contributed by atoms with Crippen molar-refractivity contribution in [2.45, 2.75) is 6.16 Å². The van der Waals surface area contributed by atoms with Crippen molar-refractivity contribution in [1.82, 2.24) is 0 Å². The zero-order valence-electron chi connectivity index (χ0n) is 15.7. The van der Waals surface area contributed by atoms with Crippen LogP contribution < -0.4 is 9.13 Å². The first-order valence-corrected chi connectivity index (χ1v) is 11.0. The first-order valence-electron chi connectivity index (χ1n) is 9.21. The van der Waals surface area contributed by atoms with E-state index in [1.54, 1.807) is 12.1 Å². The van der Waals surface area contributed by atoms with Gasteiger partial charge < -0.3 is 9.79 Å². The van der Waals surface area contributed by atoms with Crippen LogP contribution >= 0.6 is 7.60 Å². The molecule has 0 bridgehead atoms. The highest BCUT2D eigenvalue weighted by atomic mass is 31.2. The molecule has 0 radical (unpaired) electrons. The molecule has 0 unspecified atom stereocenters. The summed E-state index contributed by atoms with van der Waals surface area (Å²) in [6.45, 7) is 0. The molecule has 0 aliphatic rings. The van der Waals surface area contributed by atoms with Crippen LogP contribution in [0.3, 0.4) is 0 Å². The number of nitrogens with zero attached hydrogens (tertiary/aromatic N) is 2. The van der Waals surface area contributed by atoms with Gasteiger partial charge in [-0.05, 0) is 11.1 Å². The molecule has 0 atom stereocenters. The van der Waals surface area contributed by atoms with Gasteiger partial charge in [-0.2, -0.15) is 9.13 Å². The van der Waals surface area contributed by atoms with Gasteiger partial charge in [-0.1, -0.05) is 36.4 Å². The topological polar surface area (TPSA) is 65.3 Å². The smallest absolute Gasteiger partial charge is 0.324 e. The Morgan fingerprint density at radius 1 is 0.655 bits per heavy atom. The maximum absolute atomic E-state index is 11.4. The summed E-state index contributed by atoms with van der Waals surface area (Å²) in [5.74, 6) is 0. The lowest BCUT2D eigenvalue weighted by Crippen LogP contribution is -2.31. The van der Waals surface area contributed by atoms with Gasteiger partial charge in [0.1, 0.15) is 0 Å². The summed E-state index contributed by atoms with van der Waals surface area (Å²) >= 11 is 0. The monoisotopic (exact) mass is 404 g/mol. The second-order valence-corrected chi connectivity index (χ2v) is 8.42. The molecule has 2 heterocycles. The summed E-state index contributed by atoms with van der Waals surface area (Å²) in [5.41, 5.74) is 4.63. The Balaban J connectivity index is 1.60. The molecule has 2 aromatic carbocycles. The van der Waals surface area contributed by atoms with E-state index in [4.69, 9.17) is 0 Å². The minimum absolute atomic E-state index is 0.282. The summed E-state index contributed by atoms with van der Waals surface area (Å²) in [6, 6.07) is 25.5. The van der Waals surface area contributed by atoms with E-state index in [0.29, 0.717) is 5.56 Å². The average molecular weight is 404 g/mol. The van der Waals surface area contributed by atoms with Gasteiger partial charge in [0.15, 0.2) is 24.8 Å². The molecule has 6 heteroatoms. The van der Waals surface area contributed by atoms with Gasteiger partial charge in [-0.3, -0.25) is 4.57 Å². The fourth-order valence-corrected chi connectivity index (χ4v) is 4.00. The lowest BCUT2D eigenvalue weighted by Gasteiger charge is -2.07. The number of pyridine rings is 2. The number of hydrogen-bond acceptors (Lipinski definition) is 1. The van der Waals surface area contributed by atoms with E-state index in [-0.39, 0.29) is 6.16 Å². The molecule has 2 aromatic heterocycles. The highest BCUT2D eigenvalue weighted by molar-refractivity contribution is 7.50. The van der Waals surface area contributed by atoms with Crippen LogP contribution in [0.25, 0.3) is 22.5 Å². The van der Waals surface area contributed by atoms with Gasteiger partial charge in [-0.15, -0.1) is 0 Å². The van der Waals surface area contributed by atoms with Crippen LogP contribution in [0.2, 0.25) is 0 Å². The average Bonchev–Trinajstić information content (AvgIpc) is 2.74. The normalized spacial score (nSPS) is 11.4. The van der Waals surface area contributed by atoms with Gasteiger partial charge >= 0.3 is 7.60 Å². The van der Waals surface area contributed by atoms with Crippen LogP contribution in [0.15, 0.2) is 104 Å². The molecule has 0 aliphatic heterocycles. The van der Waals surface area contributed by atoms with E-state index in [0.717, 1.165) is 22.5 Å². The Hall–Kier alpha value is -3.11. The van der Waals surface area contributed by atoms with E-state index in [1.165, 1.54) is 0 Å². The fraction of sp³-hybridized carbons (Fsp3) is 0.0435. The third-order valence-electron chi connectivity index (χ3n) is 4.69. The first-order chi connectivity index (χ1) is 14.0. The number of aromatic nitrogens is 2. The molecule has 0 saturated carbocycles. The maximum atomic E-state index is 11.4. The van der Waals surface area contributed by atoms with Crippen molar-refractivity contribution >= 4 is 7.60 Å². The number of hydrogen-bond donors (Lipinski definition) is 2. The van der Waals surface area contributed by atoms with Crippen molar-refractivity contribution in [3.05, 3.63) is 109 Å². The van der Waals surface area contributed by atoms with E-state index < -0.39 is 7.60 Å². The molecule has 0 fully saturated rings. The maximum Gasteiger partial charge on any atom is 0.330 e. The van der Waals surface area contributed by atoms with Crippen molar-refractivity contribution in [2.24, 2.45) is 0 Å². The zero-order chi connectivity index (χ0) is 20.3. The van der Waals surface area contributed by atoms with Crippen LogP contribution in [-0.4, -0.2) is 9.79 Å². The van der Waals surface area contributed by atoms with Gasteiger partial charge in [0.05, 0.1) is 6.16 Å². The summed E-state index contributed by atoms with van der Waals surface area (Å²) < 4.78 is 15.4. The van der Waals surface area contributed by atoms with Crippen LogP contribution in [0, 0.1) is 0 Å². The summed E-state index contributed by atoms with van der Waals surface area (Å²) in [4.78, 5) is 18.7.